The predicted octanol–water partition coefficient (Wildman–Crippen LogP) is 3.23. The van der Waals surface area contributed by atoms with E-state index < -0.39 is 0 Å². The van der Waals surface area contributed by atoms with Crippen LogP contribution in [0.25, 0.3) is 11.3 Å². The van der Waals surface area contributed by atoms with E-state index in [1.54, 1.807) is 29.3 Å². The van der Waals surface area contributed by atoms with E-state index in [1.165, 1.54) is 11.3 Å². The minimum absolute atomic E-state index is 0.124. The van der Waals surface area contributed by atoms with Gasteiger partial charge in [-0.15, -0.1) is 11.3 Å². The lowest BCUT2D eigenvalue weighted by atomic mass is 10.2. The molecular weight excluding hydrogens is 298 g/mol. The Morgan fingerprint density at radius 3 is 2.73 bits per heavy atom. The number of aromatic nitrogens is 4. The van der Waals surface area contributed by atoms with Crippen LogP contribution in [0.2, 0.25) is 0 Å². The molecule has 3 aromatic heterocycles. The van der Waals surface area contributed by atoms with Crippen LogP contribution >= 0.6 is 11.3 Å². The maximum Gasteiger partial charge on any atom is 0.275 e. The molecule has 3 rings (SSSR count). The van der Waals surface area contributed by atoms with Crippen LogP contribution in [0, 0.1) is 0 Å². The van der Waals surface area contributed by atoms with Crippen molar-refractivity contribution in [2.24, 2.45) is 0 Å². The van der Waals surface area contributed by atoms with Gasteiger partial charge in [-0.1, -0.05) is 0 Å². The molecule has 0 aliphatic heterocycles. The molecular formula is C15H15N5OS. The second-order valence-corrected chi connectivity index (χ2v) is 5.84. The predicted molar refractivity (Wildman–Crippen MR) is 85.9 cm³/mol. The number of rotatable bonds is 4. The van der Waals surface area contributed by atoms with Crippen molar-refractivity contribution in [2.75, 3.05) is 5.32 Å². The quantitative estimate of drug-likeness (QED) is 0.802. The zero-order valence-electron chi connectivity index (χ0n) is 12.2. The number of carbonyl (C=O) groups is 1. The van der Waals surface area contributed by atoms with Gasteiger partial charge in [0.15, 0.2) is 5.13 Å². The van der Waals surface area contributed by atoms with E-state index in [4.69, 9.17) is 0 Å². The number of hydrogen-bond donors (Lipinski definition) is 1. The summed E-state index contributed by atoms with van der Waals surface area (Å²) >= 11 is 1.39. The fourth-order valence-electron chi connectivity index (χ4n) is 2.05. The van der Waals surface area contributed by atoms with E-state index >= 15 is 0 Å². The molecule has 22 heavy (non-hydrogen) atoms. The largest absolute Gasteiger partial charge is 0.296 e. The zero-order valence-corrected chi connectivity index (χ0v) is 13.0. The minimum Gasteiger partial charge on any atom is -0.296 e. The van der Waals surface area contributed by atoms with E-state index in [1.807, 2.05) is 31.4 Å². The lowest BCUT2D eigenvalue weighted by Crippen LogP contribution is -2.18. The van der Waals surface area contributed by atoms with E-state index in [2.05, 4.69) is 20.4 Å². The van der Waals surface area contributed by atoms with Crippen LogP contribution in [0.3, 0.4) is 0 Å². The Labute approximate surface area is 131 Å². The molecule has 0 bridgehead atoms. The van der Waals surface area contributed by atoms with Gasteiger partial charge in [0.25, 0.3) is 5.91 Å². The fraction of sp³-hybridized carbons (Fsp3) is 0.200. The highest BCUT2D eigenvalue weighted by atomic mass is 32.1. The SMILES string of the molecule is CC(C)n1nccc1C(=O)Nc1nc(-c2ccncc2)cs1. The first kappa shape index (κ1) is 14.4. The summed E-state index contributed by atoms with van der Waals surface area (Å²) in [7, 11) is 0. The van der Waals surface area contributed by atoms with E-state index in [9.17, 15) is 4.79 Å². The van der Waals surface area contributed by atoms with Crippen LogP contribution in [0.15, 0.2) is 42.2 Å². The fourth-order valence-corrected chi connectivity index (χ4v) is 2.77. The van der Waals surface area contributed by atoms with Gasteiger partial charge < -0.3 is 0 Å². The summed E-state index contributed by atoms with van der Waals surface area (Å²) in [4.78, 5) is 20.7. The summed E-state index contributed by atoms with van der Waals surface area (Å²) in [6.45, 7) is 3.96. The molecule has 0 unspecified atom stereocenters. The van der Waals surface area contributed by atoms with Crippen molar-refractivity contribution in [1.29, 1.82) is 0 Å². The molecule has 0 saturated carbocycles. The molecule has 0 atom stereocenters. The third-order valence-corrected chi connectivity index (χ3v) is 3.85. The molecule has 6 nitrogen and oxygen atoms in total. The lowest BCUT2D eigenvalue weighted by molar-refractivity contribution is 0.101. The molecule has 1 N–H and O–H groups in total. The molecule has 1 amide bonds. The zero-order chi connectivity index (χ0) is 15.5. The number of carbonyl (C=O) groups excluding carboxylic acids is 1. The smallest absolute Gasteiger partial charge is 0.275 e. The third-order valence-electron chi connectivity index (χ3n) is 3.09. The first-order valence-electron chi connectivity index (χ1n) is 6.86. The van der Waals surface area contributed by atoms with Crippen molar-refractivity contribution in [3.63, 3.8) is 0 Å². The summed E-state index contributed by atoms with van der Waals surface area (Å²) in [5, 5.41) is 9.46. The first-order valence-corrected chi connectivity index (χ1v) is 7.74. The summed E-state index contributed by atoms with van der Waals surface area (Å²) in [6.07, 6.45) is 5.06. The Bertz CT molecular complexity index is 778. The highest BCUT2D eigenvalue weighted by Gasteiger charge is 2.15. The Kier molecular flexibility index (Phi) is 3.97. The van der Waals surface area contributed by atoms with Crippen LogP contribution < -0.4 is 5.32 Å². The standard InChI is InChI=1S/C15H15N5OS/c1-10(2)20-13(5-8-17-20)14(21)19-15-18-12(9-22-15)11-3-6-16-7-4-11/h3-10H,1-2H3,(H,18,19,21). The molecule has 3 aromatic rings. The van der Waals surface area contributed by atoms with Gasteiger partial charge in [-0.2, -0.15) is 5.10 Å². The topological polar surface area (TPSA) is 72.7 Å². The summed E-state index contributed by atoms with van der Waals surface area (Å²) in [5.74, 6) is -0.207. The van der Waals surface area contributed by atoms with Gasteiger partial charge in [0.05, 0.1) is 5.69 Å². The highest BCUT2D eigenvalue weighted by Crippen LogP contribution is 2.24. The molecule has 0 aliphatic carbocycles. The van der Waals surface area contributed by atoms with E-state index in [0.29, 0.717) is 10.8 Å². The van der Waals surface area contributed by atoms with Gasteiger partial charge in [-0.25, -0.2) is 4.98 Å². The average Bonchev–Trinajstić information content (AvgIpc) is 3.17. The first-order chi connectivity index (χ1) is 10.6. The molecule has 0 fully saturated rings. The van der Waals surface area contributed by atoms with Gasteiger partial charge in [-0.05, 0) is 32.0 Å². The van der Waals surface area contributed by atoms with Crippen LogP contribution in [-0.4, -0.2) is 25.7 Å². The van der Waals surface area contributed by atoms with E-state index in [0.717, 1.165) is 11.3 Å². The Morgan fingerprint density at radius 2 is 2.00 bits per heavy atom. The normalized spacial score (nSPS) is 10.9. The van der Waals surface area contributed by atoms with Crippen LogP contribution in [0.1, 0.15) is 30.4 Å². The van der Waals surface area contributed by atoms with Gasteiger partial charge in [0.1, 0.15) is 5.69 Å². The number of nitrogens with zero attached hydrogens (tertiary/aromatic N) is 4. The molecule has 112 valence electrons. The van der Waals surface area contributed by atoms with Gasteiger partial charge in [0.2, 0.25) is 0 Å². The Balaban J connectivity index is 1.78. The maximum atomic E-state index is 12.3. The number of amides is 1. The lowest BCUT2D eigenvalue weighted by Gasteiger charge is -2.09. The Hall–Kier alpha value is -2.54. The maximum absolute atomic E-state index is 12.3. The highest BCUT2D eigenvalue weighted by molar-refractivity contribution is 7.14. The molecule has 7 heteroatoms. The van der Waals surface area contributed by atoms with Crippen molar-refractivity contribution in [2.45, 2.75) is 19.9 Å². The minimum atomic E-state index is -0.207. The van der Waals surface area contributed by atoms with Crippen molar-refractivity contribution in [3.05, 3.63) is 47.9 Å². The molecule has 0 saturated heterocycles. The number of pyridine rings is 1. The van der Waals surface area contributed by atoms with Crippen LogP contribution in [-0.2, 0) is 0 Å². The number of nitrogens with one attached hydrogen (secondary N) is 1. The monoisotopic (exact) mass is 313 g/mol. The second kappa shape index (κ2) is 6.07. The van der Waals surface area contributed by atoms with Gasteiger partial charge in [-0.3, -0.25) is 19.8 Å². The molecule has 0 radical (unpaired) electrons. The van der Waals surface area contributed by atoms with Crippen LogP contribution in [0.4, 0.5) is 5.13 Å². The van der Waals surface area contributed by atoms with E-state index in [-0.39, 0.29) is 11.9 Å². The summed E-state index contributed by atoms with van der Waals surface area (Å²) in [6, 6.07) is 5.59. The van der Waals surface area contributed by atoms with Crippen molar-refractivity contribution < 1.29 is 4.79 Å². The molecule has 0 aromatic carbocycles. The molecule has 0 aliphatic rings. The van der Waals surface area contributed by atoms with Gasteiger partial charge >= 0.3 is 0 Å². The van der Waals surface area contributed by atoms with Crippen molar-refractivity contribution in [3.8, 4) is 11.3 Å². The Morgan fingerprint density at radius 1 is 1.23 bits per heavy atom. The van der Waals surface area contributed by atoms with Crippen molar-refractivity contribution in [1.82, 2.24) is 19.7 Å². The summed E-state index contributed by atoms with van der Waals surface area (Å²) in [5.41, 5.74) is 2.31. The van der Waals surface area contributed by atoms with Crippen LogP contribution in [0.5, 0.6) is 0 Å². The van der Waals surface area contributed by atoms with Gasteiger partial charge in [0, 0.05) is 35.6 Å². The molecule has 3 heterocycles. The second-order valence-electron chi connectivity index (χ2n) is 4.98. The summed E-state index contributed by atoms with van der Waals surface area (Å²) < 4.78 is 1.69. The molecule has 0 spiro atoms. The number of hydrogen-bond acceptors (Lipinski definition) is 5. The number of thiazole rings is 1. The van der Waals surface area contributed by atoms with Crippen molar-refractivity contribution >= 4 is 22.4 Å². The average molecular weight is 313 g/mol. The third kappa shape index (κ3) is 2.89. The number of anilines is 1.